The minimum Gasteiger partial charge on any atom is -0.389 e. The van der Waals surface area contributed by atoms with Crippen molar-refractivity contribution >= 4 is 5.91 Å². The third-order valence-electron chi connectivity index (χ3n) is 3.18. The molecule has 0 aliphatic carbocycles. The molecule has 0 aromatic rings. The van der Waals surface area contributed by atoms with Crippen molar-refractivity contribution in [3.8, 4) is 0 Å². The molecule has 3 N–H and O–H groups in total. The van der Waals surface area contributed by atoms with Crippen molar-refractivity contribution in [1.82, 2.24) is 4.90 Å². The molecule has 0 aromatic carbocycles. The molecule has 2 atom stereocenters. The smallest absolute Gasteiger partial charge is 0.217 e. The van der Waals surface area contributed by atoms with Crippen molar-refractivity contribution < 1.29 is 14.6 Å². The van der Waals surface area contributed by atoms with Crippen LogP contribution in [0.4, 0.5) is 0 Å². The number of hydrogen-bond acceptors (Lipinski definition) is 4. The lowest BCUT2D eigenvalue weighted by molar-refractivity contribution is -0.119. The predicted octanol–water partition coefficient (Wildman–Crippen LogP) is 0.360. The lowest BCUT2D eigenvalue weighted by Gasteiger charge is -2.33. The van der Waals surface area contributed by atoms with Gasteiger partial charge in [0.05, 0.1) is 18.8 Å². The molecule has 1 rings (SSSR count). The Balaban J connectivity index is 2.26. The van der Waals surface area contributed by atoms with Crippen molar-refractivity contribution in [2.75, 3.05) is 26.2 Å². The molecule has 5 nitrogen and oxygen atoms in total. The van der Waals surface area contributed by atoms with E-state index in [2.05, 4.69) is 4.90 Å². The van der Waals surface area contributed by atoms with Gasteiger partial charge in [-0.25, -0.2) is 0 Å². The Morgan fingerprint density at radius 1 is 1.56 bits per heavy atom. The summed E-state index contributed by atoms with van der Waals surface area (Å²) in [6.07, 6.45) is 2.26. The Morgan fingerprint density at radius 3 is 2.89 bits per heavy atom. The van der Waals surface area contributed by atoms with Gasteiger partial charge in [-0.2, -0.15) is 0 Å². The predicted molar refractivity (Wildman–Crippen MR) is 70.1 cm³/mol. The minimum atomic E-state index is -0.459. The van der Waals surface area contributed by atoms with Gasteiger partial charge in [0.1, 0.15) is 0 Å². The highest BCUT2D eigenvalue weighted by atomic mass is 16.5. The van der Waals surface area contributed by atoms with Crippen LogP contribution in [0.5, 0.6) is 0 Å². The second-order valence-corrected chi connectivity index (χ2v) is 5.47. The van der Waals surface area contributed by atoms with Gasteiger partial charge in [-0.05, 0) is 39.2 Å². The summed E-state index contributed by atoms with van der Waals surface area (Å²) < 4.78 is 5.39. The molecule has 5 heteroatoms. The molecule has 1 amide bonds. The standard InChI is InChI=1S/C13H26N2O3/c1-10(2)18-9-12(16)8-15-5-3-4-11(7-15)6-13(14)17/h10-12,16H,3-9H2,1-2H3,(H2,14,17). The quantitative estimate of drug-likeness (QED) is 0.691. The van der Waals surface area contributed by atoms with Crippen LogP contribution in [0.25, 0.3) is 0 Å². The minimum absolute atomic E-state index is 0.142. The zero-order valence-corrected chi connectivity index (χ0v) is 11.5. The second kappa shape index (κ2) is 7.71. The molecule has 1 aliphatic rings. The average Bonchev–Trinajstić information content (AvgIpc) is 2.26. The van der Waals surface area contributed by atoms with Crippen molar-refractivity contribution in [3.63, 3.8) is 0 Å². The Labute approximate surface area is 109 Å². The summed E-state index contributed by atoms with van der Waals surface area (Å²) in [6.45, 7) is 6.72. The number of carbonyl (C=O) groups is 1. The Bertz CT molecular complexity index is 259. The highest BCUT2D eigenvalue weighted by Gasteiger charge is 2.23. The maximum atomic E-state index is 10.9. The molecule has 1 saturated heterocycles. The van der Waals surface area contributed by atoms with Gasteiger partial charge in [0.15, 0.2) is 0 Å². The number of piperidine rings is 1. The largest absolute Gasteiger partial charge is 0.389 e. The lowest BCUT2D eigenvalue weighted by Crippen LogP contribution is -2.42. The molecule has 2 unspecified atom stereocenters. The van der Waals surface area contributed by atoms with Gasteiger partial charge < -0.3 is 20.5 Å². The zero-order valence-electron chi connectivity index (χ0n) is 11.5. The fraction of sp³-hybridized carbons (Fsp3) is 0.923. The van der Waals surface area contributed by atoms with Crippen LogP contribution in [-0.2, 0) is 9.53 Å². The molecular weight excluding hydrogens is 232 g/mol. The van der Waals surface area contributed by atoms with E-state index in [-0.39, 0.29) is 12.0 Å². The first-order valence-corrected chi connectivity index (χ1v) is 6.77. The van der Waals surface area contributed by atoms with Crippen LogP contribution in [0.15, 0.2) is 0 Å². The summed E-state index contributed by atoms with van der Waals surface area (Å²) in [6, 6.07) is 0. The van der Waals surface area contributed by atoms with Gasteiger partial charge in [0.2, 0.25) is 5.91 Å². The van der Waals surface area contributed by atoms with E-state index in [0.29, 0.717) is 25.5 Å². The number of carbonyl (C=O) groups excluding carboxylic acids is 1. The Kier molecular flexibility index (Phi) is 6.60. The van der Waals surface area contributed by atoms with Crippen LogP contribution in [0.1, 0.15) is 33.1 Å². The number of ether oxygens (including phenoxy) is 1. The number of nitrogens with zero attached hydrogens (tertiary/aromatic N) is 1. The zero-order chi connectivity index (χ0) is 13.5. The monoisotopic (exact) mass is 258 g/mol. The highest BCUT2D eigenvalue weighted by Crippen LogP contribution is 2.19. The summed E-state index contributed by atoms with van der Waals surface area (Å²) in [5, 5.41) is 9.86. The number of nitrogens with two attached hydrogens (primary N) is 1. The van der Waals surface area contributed by atoms with E-state index in [4.69, 9.17) is 10.5 Å². The maximum absolute atomic E-state index is 10.9. The third-order valence-corrected chi connectivity index (χ3v) is 3.18. The van der Waals surface area contributed by atoms with Crippen LogP contribution in [0.3, 0.4) is 0 Å². The van der Waals surface area contributed by atoms with Gasteiger partial charge in [-0.1, -0.05) is 0 Å². The number of aliphatic hydroxyl groups excluding tert-OH is 1. The van der Waals surface area contributed by atoms with Crippen LogP contribution < -0.4 is 5.73 Å². The van der Waals surface area contributed by atoms with E-state index in [0.717, 1.165) is 25.9 Å². The molecule has 1 aliphatic heterocycles. The number of likely N-dealkylation sites (tertiary alicyclic amines) is 1. The first-order chi connectivity index (χ1) is 8.47. The Hall–Kier alpha value is -0.650. The normalized spacial score (nSPS) is 23.2. The molecule has 1 heterocycles. The van der Waals surface area contributed by atoms with Crippen LogP contribution in [0.2, 0.25) is 0 Å². The Morgan fingerprint density at radius 2 is 2.28 bits per heavy atom. The van der Waals surface area contributed by atoms with E-state index >= 15 is 0 Å². The number of rotatable bonds is 7. The summed E-state index contributed by atoms with van der Waals surface area (Å²) in [5.74, 6) is 0.111. The number of primary amides is 1. The number of hydrogen-bond donors (Lipinski definition) is 2. The fourth-order valence-corrected chi connectivity index (χ4v) is 2.42. The molecule has 0 aromatic heterocycles. The average molecular weight is 258 g/mol. The first-order valence-electron chi connectivity index (χ1n) is 6.77. The van der Waals surface area contributed by atoms with Gasteiger partial charge in [0.25, 0.3) is 0 Å². The van der Waals surface area contributed by atoms with Crippen LogP contribution in [-0.4, -0.2) is 54.4 Å². The first kappa shape index (κ1) is 15.4. The SMILES string of the molecule is CC(C)OCC(O)CN1CCCC(CC(N)=O)C1. The van der Waals surface area contributed by atoms with Crippen LogP contribution >= 0.6 is 0 Å². The molecular formula is C13H26N2O3. The number of amides is 1. The van der Waals surface area contributed by atoms with E-state index < -0.39 is 6.10 Å². The topological polar surface area (TPSA) is 75.8 Å². The molecule has 106 valence electrons. The van der Waals surface area contributed by atoms with E-state index in [9.17, 15) is 9.90 Å². The molecule has 18 heavy (non-hydrogen) atoms. The summed E-state index contributed by atoms with van der Waals surface area (Å²) in [5.41, 5.74) is 5.22. The molecule has 0 radical (unpaired) electrons. The summed E-state index contributed by atoms with van der Waals surface area (Å²) in [7, 11) is 0. The molecule has 0 spiro atoms. The van der Waals surface area contributed by atoms with Gasteiger partial charge in [-0.3, -0.25) is 4.79 Å². The number of β-amino-alcohol motifs (C(OH)–C–C–N with tert-alkyl or cyclic N) is 1. The summed E-state index contributed by atoms with van der Waals surface area (Å²) >= 11 is 0. The van der Waals surface area contributed by atoms with Crippen molar-refractivity contribution in [2.24, 2.45) is 11.7 Å². The lowest BCUT2D eigenvalue weighted by atomic mass is 9.94. The van der Waals surface area contributed by atoms with Gasteiger partial charge >= 0.3 is 0 Å². The third kappa shape index (κ3) is 6.33. The maximum Gasteiger partial charge on any atom is 0.217 e. The second-order valence-electron chi connectivity index (χ2n) is 5.47. The van der Waals surface area contributed by atoms with E-state index in [1.54, 1.807) is 0 Å². The number of aliphatic hydroxyl groups is 1. The van der Waals surface area contributed by atoms with Gasteiger partial charge in [-0.15, -0.1) is 0 Å². The molecule has 1 fully saturated rings. The van der Waals surface area contributed by atoms with Crippen LogP contribution in [0, 0.1) is 5.92 Å². The van der Waals surface area contributed by atoms with Crippen molar-refractivity contribution in [3.05, 3.63) is 0 Å². The molecule has 0 bridgehead atoms. The van der Waals surface area contributed by atoms with E-state index in [1.807, 2.05) is 13.8 Å². The highest BCUT2D eigenvalue weighted by molar-refractivity contribution is 5.74. The van der Waals surface area contributed by atoms with Crippen molar-refractivity contribution in [1.29, 1.82) is 0 Å². The summed E-state index contributed by atoms with van der Waals surface area (Å²) in [4.78, 5) is 13.1. The van der Waals surface area contributed by atoms with Gasteiger partial charge in [0, 0.05) is 19.5 Å². The fourth-order valence-electron chi connectivity index (χ4n) is 2.42. The van der Waals surface area contributed by atoms with E-state index in [1.165, 1.54) is 0 Å². The van der Waals surface area contributed by atoms with Crippen molar-refractivity contribution in [2.45, 2.75) is 45.3 Å². The molecule has 0 saturated carbocycles.